The normalized spacial score (nSPS) is 17.9. The van der Waals surface area contributed by atoms with Crippen LogP contribution in [0.4, 0.5) is 0 Å². The van der Waals surface area contributed by atoms with Gasteiger partial charge in [-0.3, -0.25) is 9.59 Å². The molecule has 6 heteroatoms. The molecule has 1 aliphatic heterocycles. The van der Waals surface area contributed by atoms with Crippen molar-refractivity contribution in [3.8, 4) is 0 Å². The lowest BCUT2D eigenvalue weighted by Crippen LogP contribution is -2.33. The Morgan fingerprint density at radius 1 is 1.07 bits per heavy atom. The number of aliphatic hydroxyl groups is 1. The first-order valence-corrected chi connectivity index (χ1v) is 9.07. The van der Waals surface area contributed by atoms with Crippen LogP contribution in [-0.2, 0) is 9.57 Å². The van der Waals surface area contributed by atoms with E-state index < -0.39 is 12.4 Å². The van der Waals surface area contributed by atoms with Gasteiger partial charge in [0.05, 0.1) is 6.10 Å². The SMILES string of the molecule is O=C(CC(O)c1ccc(C(=O)NOC2CCCCO2)cc1)c1ccccc1. The van der Waals surface area contributed by atoms with Crippen molar-refractivity contribution in [1.29, 1.82) is 0 Å². The summed E-state index contributed by atoms with van der Waals surface area (Å²) in [5.41, 5.74) is 3.93. The van der Waals surface area contributed by atoms with Crippen LogP contribution in [0.1, 0.15) is 58.1 Å². The first kappa shape index (κ1) is 19.2. The molecule has 0 spiro atoms. The van der Waals surface area contributed by atoms with Crippen molar-refractivity contribution in [2.24, 2.45) is 0 Å². The van der Waals surface area contributed by atoms with Crippen molar-refractivity contribution in [1.82, 2.24) is 5.48 Å². The molecule has 1 saturated heterocycles. The van der Waals surface area contributed by atoms with E-state index in [4.69, 9.17) is 9.57 Å². The van der Waals surface area contributed by atoms with Crippen LogP contribution in [0.5, 0.6) is 0 Å². The second kappa shape index (κ2) is 9.41. The highest BCUT2D eigenvalue weighted by atomic mass is 16.8. The Balaban J connectivity index is 1.52. The molecule has 2 N–H and O–H groups in total. The van der Waals surface area contributed by atoms with E-state index in [-0.39, 0.29) is 18.1 Å². The Bertz CT molecular complexity index is 754. The number of hydroxylamine groups is 1. The predicted molar refractivity (Wildman–Crippen MR) is 98.9 cm³/mol. The van der Waals surface area contributed by atoms with E-state index in [1.807, 2.05) is 6.07 Å². The van der Waals surface area contributed by atoms with Crippen molar-refractivity contribution in [3.05, 3.63) is 71.3 Å². The molecule has 0 aromatic heterocycles. The molecule has 0 aliphatic carbocycles. The number of carbonyl (C=O) groups excluding carboxylic acids is 2. The van der Waals surface area contributed by atoms with Crippen LogP contribution in [0.15, 0.2) is 54.6 Å². The van der Waals surface area contributed by atoms with Gasteiger partial charge in [0.25, 0.3) is 5.91 Å². The van der Waals surface area contributed by atoms with E-state index in [1.165, 1.54) is 0 Å². The fourth-order valence-corrected chi connectivity index (χ4v) is 2.87. The third kappa shape index (κ3) is 5.47. The highest BCUT2D eigenvalue weighted by Gasteiger charge is 2.17. The summed E-state index contributed by atoms with van der Waals surface area (Å²) in [5.74, 6) is -0.517. The third-order valence-corrected chi connectivity index (χ3v) is 4.45. The Morgan fingerprint density at radius 2 is 1.81 bits per heavy atom. The van der Waals surface area contributed by atoms with Crippen molar-refractivity contribution >= 4 is 11.7 Å². The fourth-order valence-electron chi connectivity index (χ4n) is 2.87. The molecule has 2 unspecified atom stereocenters. The number of hydrogen-bond acceptors (Lipinski definition) is 5. The van der Waals surface area contributed by atoms with E-state index >= 15 is 0 Å². The molecule has 2 atom stereocenters. The molecule has 0 bridgehead atoms. The lowest BCUT2D eigenvalue weighted by Gasteiger charge is -2.22. The monoisotopic (exact) mass is 369 g/mol. The van der Waals surface area contributed by atoms with Crippen LogP contribution < -0.4 is 5.48 Å². The van der Waals surface area contributed by atoms with Gasteiger partial charge in [0.15, 0.2) is 12.1 Å². The Hall–Kier alpha value is -2.54. The largest absolute Gasteiger partial charge is 0.388 e. The van der Waals surface area contributed by atoms with Gasteiger partial charge in [-0.1, -0.05) is 42.5 Å². The van der Waals surface area contributed by atoms with Crippen LogP contribution in [-0.4, -0.2) is 29.7 Å². The van der Waals surface area contributed by atoms with Gasteiger partial charge in [-0.25, -0.2) is 10.3 Å². The van der Waals surface area contributed by atoms with Gasteiger partial charge in [0.1, 0.15) is 0 Å². The number of amides is 1. The van der Waals surface area contributed by atoms with Crippen LogP contribution in [0.25, 0.3) is 0 Å². The molecule has 0 saturated carbocycles. The number of hydrogen-bond donors (Lipinski definition) is 2. The number of ether oxygens (including phenoxy) is 1. The topological polar surface area (TPSA) is 84.9 Å². The third-order valence-electron chi connectivity index (χ3n) is 4.45. The number of aliphatic hydroxyl groups excluding tert-OH is 1. The molecule has 142 valence electrons. The van der Waals surface area contributed by atoms with Gasteiger partial charge in [-0.15, -0.1) is 0 Å². The fraction of sp³-hybridized carbons (Fsp3) is 0.333. The molecule has 3 rings (SSSR count). The second-order valence-corrected chi connectivity index (χ2v) is 6.48. The van der Waals surface area contributed by atoms with Crippen LogP contribution in [0.2, 0.25) is 0 Å². The first-order valence-electron chi connectivity index (χ1n) is 9.07. The van der Waals surface area contributed by atoms with Crippen molar-refractivity contribution in [2.45, 2.75) is 38.1 Å². The lowest BCUT2D eigenvalue weighted by atomic mass is 9.99. The van der Waals surface area contributed by atoms with Crippen molar-refractivity contribution in [2.75, 3.05) is 6.61 Å². The molecule has 1 heterocycles. The maximum atomic E-state index is 12.2. The van der Waals surface area contributed by atoms with E-state index in [1.54, 1.807) is 48.5 Å². The molecule has 2 aromatic carbocycles. The Kier molecular flexibility index (Phi) is 6.70. The minimum absolute atomic E-state index is 0.0162. The minimum Gasteiger partial charge on any atom is -0.388 e. The van der Waals surface area contributed by atoms with E-state index in [0.717, 1.165) is 19.3 Å². The smallest absolute Gasteiger partial charge is 0.274 e. The second-order valence-electron chi connectivity index (χ2n) is 6.48. The summed E-state index contributed by atoms with van der Waals surface area (Å²) in [6, 6.07) is 15.3. The van der Waals surface area contributed by atoms with Crippen LogP contribution >= 0.6 is 0 Å². The summed E-state index contributed by atoms with van der Waals surface area (Å²) >= 11 is 0. The average Bonchev–Trinajstić information content (AvgIpc) is 2.73. The first-order chi connectivity index (χ1) is 13.1. The summed E-state index contributed by atoms with van der Waals surface area (Å²) in [7, 11) is 0. The number of benzene rings is 2. The number of nitrogens with one attached hydrogen (secondary N) is 1. The summed E-state index contributed by atoms with van der Waals surface area (Å²) in [6.45, 7) is 0.634. The van der Waals surface area contributed by atoms with Gasteiger partial charge in [-0.2, -0.15) is 0 Å². The van der Waals surface area contributed by atoms with Crippen LogP contribution in [0.3, 0.4) is 0 Å². The van der Waals surface area contributed by atoms with Crippen molar-refractivity contribution in [3.63, 3.8) is 0 Å². The van der Waals surface area contributed by atoms with Gasteiger partial charge >= 0.3 is 0 Å². The zero-order valence-corrected chi connectivity index (χ0v) is 15.0. The number of rotatable bonds is 7. The molecule has 1 aliphatic rings. The quantitative estimate of drug-likeness (QED) is 0.578. The summed E-state index contributed by atoms with van der Waals surface area (Å²) in [4.78, 5) is 29.6. The molecule has 6 nitrogen and oxygen atoms in total. The van der Waals surface area contributed by atoms with E-state index in [9.17, 15) is 14.7 Å². The van der Waals surface area contributed by atoms with E-state index in [0.29, 0.717) is 23.3 Å². The van der Waals surface area contributed by atoms with Gasteiger partial charge < -0.3 is 9.84 Å². The summed E-state index contributed by atoms with van der Waals surface area (Å²) in [6.07, 6.45) is 1.41. The maximum Gasteiger partial charge on any atom is 0.274 e. The van der Waals surface area contributed by atoms with Gasteiger partial charge in [0.2, 0.25) is 0 Å². The standard InChI is InChI=1S/C21H23NO5/c23-18(15-6-2-1-3-7-15)14-19(24)16-9-11-17(12-10-16)21(25)22-27-20-8-4-5-13-26-20/h1-3,6-7,9-12,19-20,24H,4-5,8,13-14H2,(H,22,25). The minimum atomic E-state index is -0.929. The van der Waals surface area contributed by atoms with Crippen LogP contribution in [0, 0.1) is 0 Å². The highest BCUT2D eigenvalue weighted by Crippen LogP contribution is 2.20. The number of ketones is 1. The summed E-state index contributed by atoms with van der Waals surface area (Å²) in [5, 5.41) is 10.3. The predicted octanol–water partition coefficient (Wildman–Crippen LogP) is 3.18. The zero-order chi connectivity index (χ0) is 19.1. The van der Waals surface area contributed by atoms with E-state index in [2.05, 4.69) is 5.48 Å². The molecule has 27 heavy (non-hydrogen) atoms. The molecular weight excluding hydrogens is 346 g/mol. The average molecular weight is 369 g/mol. The molecule has 2 aromatic rings. The Labute approximate surface area is 158 Å². The molecule has 1 fully saturated rings. The highest BCUT2D eigenvalue weighted by molar-refractivity contribution is 5.96. The molecular formula is C21H23NO5. The molecule has 1 amide bonds. The maximum absolute atomic E-state index is 12.2. The lowest BCUT2D eigenvalue weighted by molar-refractivity contribution is -0.186. The summed E-state index contributed by atoms with van der Waals surface area (Å²) < 4.78 is 5.39. The van der Waals surface area contributed by atoms with Crippen molar-refractivity contribution < 1.29 is 24.3 Å². The molecule has 0 radical (unpaired) electrons. The number of Topliss-reactive ketones (excluding diaryl/α,β-unsaturated/α-hetero) is 1. The Morgan fingerprint density at radius 3 is 2.48 bits per heavy atom. The number of carbonyl (C=O) groups is 2. The van der Waals surface area contributed by atoms with Gasteiger partial charge in [-0.05, 0) is 30.5 Å². The van der Waals surface area contributed by atoms with Gasteiger partial charge in [0, 0.05) is 30.6 Å². The zero-order valence-electron chi connectivity index (χ0n) is 15.0.